The van der Waals surface area contributed by atoms with E-state index in [-0.39, 0.29) is 11.8 Å². The molecule has 3 rings (SSSR count). The Bertz CT molecular complexity index is 876. The number of benzene rings is 2. The number of carbonyl (C=O) groups excluding carboxylic acids is 3. The minimum Gasteiger partial charge on any atom is -0.427 e. The summed E-state index contributed by atoms with van der Waals surface area (Å²) in [6.07, 6.45) is 0. The summed E-state index contributed by atoms with van der Waals surface area (Å²) in [7, 11) is 0. The van der Waals surface area contributed by atoms with Gasteiger partial charge < -0.3 is 14.5 Å². The van der Waals surface area contributed by atoms with Crippen LogP contribution in [0.1, 0.15) is 27.6 Å². The highest BCUT2D eigenvalue weighted by atomic mass is 32.1. The second-order valence-electron chi connectivity index (χ2n) is 6.22. The van der Waals surface area contributed by atoms with Gasteiger partial charge in [0.2, 0.25) is 0 Å². The highest BCUT2D eigenvalue weighted by molar-refractivity contribution is 7.80. The molecule has 27 heavy (non-hydrogen) atoms. The quantitative estimate of drug-likeness (QED) is 0.502. The number of piperazine rings is 1. The first kappa shape index (κ1) is 19.0. The molecule has 1 aliphatic rings. The van der Waals surface area contributed by atoms with Crippen molar-refractivity contribution in [3.63, 3.8) is 0 Å². The summed E-state index contributed by atoms with van der Waals surface area (Å²) in [5.74, 6) is -0.320. The molecule has 0 atom stereocenters. The molecule has 0 radical (unpaired) electrons. The number of nitrogens with zero attached hydrogens (tertiary/aromatic N) is 2. The Balaban J connectivity index is 1.64. The van der Waals surface area contributed by atoms with Crippen LogP contribution in [0.4, 0.5) is 0 Å². The third-order valence-electron chi connectivity index (χ3n) is 4.33. The maximum atomic E-state index is 12.7. The maximum absolute atomic E-state index is 12.7. The van der Waals surface area contributed by atoms with Crippen LogP contribution in [-0.4, -0.2) is 53.8 Å². The van der Waals surface area contributed by atoms with Gasteiger partial charge in [-0.1, -0.05) is 18.2 Å². The Kier molecular flexibility index (Phi) is 5.81. The number of esters is 1. The summed E-state index contributed by atoms with van der Waals surface area (Å²) in [5, 5.41) is 0. The van der Waals surface area contributed by atoms with E-state index in [0.717, 1.165) is 0 Å². The zero-order valence-corrected chi connectivity index (χ0v) is 15.8. The van der Waals surface area contributed by atoms with Crippen LogP contribution in [0.25, 0.3) is 0 Å². The van der Waals surface area contributed by atoms with Crippen molar-refractivity contribution in [3.8, 4) is 5.75 Å². The van der Waals surface area contributed by atoms with Crippen LogP contribution in [0.2, 0.25) is 0 Å². The van der Waals surface area contributed by atoms with Crippen molar-refractivity contribution in [2.45, 2.75) is 11.8 Å². The van der Waals surface area contributed by atoms with E-state index < -0.39 is 5.97 Å². The van der Waals surface area contributed by atoms with Crippen molar-refractivity contribution < 1.29 is 19.1 Å². The molecule has 0 aliphatic carbocycles. The van der Waals surface area contributed by atoms with Crippen LogP contribution in [0, 0.1) is 0 Å². The largest absolute Gasteiger partial charge is 0.427 e. The number of rotatable bonds is 3. The van der Waals surface area contributed by atoms with Crippen molar-refractivity contribution in [2.75, 3.05) is 26.2 Å². The molecule has 1 aliphatic heterocycles. The molecule has 0 saturated carbocycles. The number of hydrogen-bond acceptors (Lipinski definition) is 5. The summed E-state index contributed by atoms with van der Waals surface area (Å²) in [4.78, 5) is 40.5. The lowest BCUT2D eigenvalue weighted by Crippen LogP contribution is -2.50. The summed E-state index contributed by atoms with van der Waals surface area (Å²) in [6, 6.07) is 13.7. The number of carbonyl (C=O) groups is 3. The normalized spacial score (nSPS) is 14.0. The third-order valence-corrected chi connectivity index (χ3v) is 4.72. The molecular formula is C20H20N2O4S. The van der Waals surface area contributed by atoms with Gasteiger partial charge in [-0.15, -0.1) is 12.6 Å². The fourth-order valence-corrected chi connectivity index (χ4v) is 3.23. The number of amides is 2. The molecule has 0 bridgehead atoms. The minimum absolute atomic E-state index is 0.0791. The minimum atomic E-state index is -0.434. The molecule has 1 fully saturated rings. The fourth-order valence-electron chi connectivity index (χ4n) is 2.98. The smallest absolute Gasteiger partial charge is 0.308 e. The van der Waals surface area contributed by atoms with Crippen molar-refractivity contribution in [1.29, 1.82) is 0 Å². The Morgan fingerprint density at radius 3 is 2.15 bits per heavy atom. The summed E-state index contributed by atoms with van der Waals surface area (Å²) in [6.45, 7) is 3.11. The molecule has 1 heterocycles. The lowest BCUT2D eigenvalue weighted by Gasteiger charge is -2.35. The predicted octanol–water partition coefficient (Wildman–Crippen LogP) is 2.50. The predicted molar refractivity (Wildman–Crippen MR) is 103 cm³/mol. The second-order valence-corrected chi connectivity index (χ2v) is 6.70. The first-order valence-corrected chi connectivity index (χ1v) is 9.05. The molecule has 0 N–H and O–H groups in total. The van der Waals surface area contributed by atoms with Gasteiger partial charge in [-0.05, 0) is 30.3 Å². The Morgan fingerprint density at radius 2 is 1.52 bits per heavy atom. The van der Waals surface area contributed by atoms with Crippen molar-refractivity contribution >= 4 is 30.4 Å². The lowest BCUT2D eigenvalue weighted by atomic mass is 10.1. The molecule has 2 amide bonds. The molecule has 140 valence electrons. The van der Waals surface area contributed by atoms with Crippen LogP contribution in [0.3, 0.4) is 0 Å². The van der Waals surface area contributed by atoms with E-state index in [2.05, 4.69) is 12.6 Å². The third kappa shape index (κ3) is 4.49. The van der Waals surface area contributed by atoms with E-state index in [4.69, 9.17) is 4.74 Å². The molecule has 1 saturated heterocycles. The van der Waals surface area contributed by atoms with Gasteiger partial charge in [-0.25, -0.2) is 0 Å². The molecule has 0 spiro atoms. The Labute approximate surface area is 163 Å². The fraction of sp³-hybridized carbons (Fsp3) is 0.250. The van der Waals surface area contributed by atoms with Crippen LogP contribution in [-0.2, 0) is 4.79 Å². The van der Waals surface area contributed by atoms with Crippen molar-refractivity contribution in [1.82, 2.24) is 9.80 Å². The highest BCUT2D eigenvalue weighted by Gasteiger charge is 2.26. The Morgan fingerprint density at radius 1 is 0.889 bits per heavy atom. The van der Waals surface area contributed by atoms with E-state index in [1.165, 1.54) is 6.92 Å². The first-order chi connectivity index (χ1) is 13.0. The Hall–Kier alpha value is -2.80. The van der Waals surface area contributed by atoms with Crippen molar-refractivity contribution in [2.24, 2.45) is 0 Å². The summed E-state index contributed by atoms with van der Waals surface area (Å²) >= 11 is 4.34. The van der Waals surface area contributed by atoms with Gasteiger partial charge in [-0.3, -0.25) is 14.4 Å². The zero-order valence-electron chi connectivity index (χ0n) is 14.9. The lowest BCUT2D eigenvalue weighted by molar-refractivity contribution is -0.131. The molecular weight excluding hydrogens is 364 g/mol. The van der Waals surface area contributed by atoms with Crippen LogP contribution in [0.15, 0.2) is 53.4 Å². The van der Waals surface area contributed by atoms with Gasteiger partial charge >= 0.3 is 5.97 Å². The molecule has 7 heteroatoms. The molecule has 0 unspecified atom stereocenters. The van der Waals surface area contributed by atoms with Gasteiger partial charge in [0.1, 0.15) is 5.75 Å². The average molecular weight is 384 g/mol. The zero-order chi connectivity index (χ0) is 19.4. The monoisotopic (exact) mass is 384 g/mol. The number of hydrogen-bond donors (Lipinski definition) is 1. The van der Waals surface area contributed by atoms with Crippen LogP contribution < -0.4 is 4.74 Å². The van der Waals surface area contributed by atoms with Crippen molar-refractivity contribution in [3.05, 3.63) is 59.7 Å². The van der Waals surface area contributed by atoms with Crippen LogP contribution >= 0.6 is 12.6 Å². The second kappa shape index (κ2) is 8.26. The highest BCUT2D eigenvalue weighted by Crippen LogP contribution is 2.19. The number of ether oxygens (including phenoxy) is 1. The average Bonchev–Trinajstić information content (AvgIpc) is 2.67. The van der Waals surface area contributed by atoms with E-state index in [1.54, 1.807) is 46.2 Å². The van der Waals surface area contributed by atoms with E-state index >= 15 is 0 Å². The standard InChI is InChI=1S/C20H20N2O4S/c1-14(23)26-16-6-4-5-15(13-16)19(24)21-9-11-22(12-10-21)20(25)17-7-2-3-8-18(17)27/h2-8,13,27H,9-12H2,1H3. The topological polar surface area (TPSA) is 66.9 Å². The van der Waals surface area contributed by atoms with Gasteiger partial charge in [0.25, 0.3) is 11.8 Å². The molecule has 2 aromatic carbocycles. The van der Waals surface area contributed by atoms with Gasteiger partial charge in [0, 0.05) is 43.6 Å². The SMILES string of the molecule is CC(=O)Oc1cccc(C(=O)N2CCN(C(=O)c3ccccc3S)CC2)c1. The summed E-state index contributed by atoms with van der Waals surface area (Å²) in [5.41, 5.74) is 1.02. The van der Waals surface area contributed by atoms with Gasteiger partial charge in [0.05, 0.1) is 5.56 Å². The van der Waals surface area contributed by atoms with Gasteiger partial charge in [0.15, 0.2) is 0 Å². The number of thiol groups is 1. The maximum Gasteiger partial charge on any atom is 0.308 e. The molecule has 0 aromatic heterocycles. The van der Waals surface area contributed by atoms with E-state index in [0.29, 0.717) is 48.0 Å². The van der Waals surface area contributed by atoms with E-state index in [9.17, 15) is 14.4 Å². The first-order valence-electron chi connectivity index (χ1n) is 8.61. The van der Waals surface area contributed by atoms with Gasteiger partial charge in [-0.2, -0.15) is 0 Å². The molecule has 2 aromatic rings. The molecule has 6 nitrogen and oxygen atoms in total. The van der Waals surface area contributed by atoms with E-state index in [1.807, 2.05) is 12.1 Å². The summed E-state index contributed by atoms with van der Waals surface area (Å²) < 4.78 is 5.03. The van der Waals surface area contributed by atoms with Crippen LogP contribution in [0.5, 0.6) is 5.75 Å².